The highest BCUT2D eigenvalue weighted by molar-refractivity contribution is 6.43. The van der Waals surface area contributed by atoms with Crippen molar-refractivity contribution < 1.29 is 13.9 Å². The van der Waals surface area contributed by atoms with Gasteiger partial charge in [0.05, 0.1) is 49.3 Å². The third kappa shape index (κ3) is 4.28. The Hall–Kier alpha value is -4.01. The monoisotopic (exact) mass is 460 g/mol. The number of aliphatic imine (C=N–C) groups is 2. The van der Waals surface area contributed by atoms with Crippen LogP contribution in [-0.2, 0) is 11.2 Å². The maximum atomic E-state index is 13.5. The topological polar surface area (TPSA) is 75.3 Å². The van der Waals surface area contributed by atoms with Gasteiger partial charge in [0.15, 0.2) is 5.84 Å². The number of methoxy groups -OCH3 is 1. The van der Waals surface area contributed by atoms with Crippen molar-refractivity contribution >= 4 is 23.1 Å². The van der Waals surface area contributed by atoms with Crippen molar-refractivity contribution in [3.63, 3.8) is 0 Å². The van der Waals surface area contributed by atoms with Gasteiger partial charge in [0.1, 0.15) is 11.6 Å². The molecule has 2 aliphatic heterocycles. The Morgan fingerprint density at radius 1 is 1.09 bits per heavy atom. The molecular formula is C25H25FN6O2. The molecule has 174 valence electrons. The van der Waals surface area contributed by atoms with Crippen molar-refractivity contribution in [1.29, 1.82) is 0 Å². The summed E-state index contributed by atoms with van der Waals surface area (Å²) in [6.07, 6.45) is 4.47. The van der Waals surface area contributed by atoms with E-state index in [0.29, 0.717) is 31.9 Å². The highest BCUT2D eigenvalue weighted by Crippen LogP contribution is 2.27. The molecule has 0 saturated carbocycles. The van der Waals surface area contributed by atoms with E-state index in [1.165, 1.54) is 12.1 Å². The molecule has 9 heteroatoms. The summed E-state index contributed by atoms with van der Waals surface area (Å²) in [6.45, 7) is 3.57. The smallest absolute Gasteiger partial charge is 0.249 e. The molecule has 0 aliphatic carbocycles. The second-order valence-electron chi connectivity index (χ2n) is 8.24. The summed E-state index contributed by atoms with van der Waals surface area (Å²) >= 11 is 0. The van der Waals surface area contributed by atoms with Crippen molar-refractivity contribution in [2.75, 3.05) is 31.8 Å². The van der Waals surface area contributed by atoms with Crippen LogP contribution in [0.2, 0.25) is 0 Å². The number of carbonyl (C=O) groups excluding carboxylic acids is 1. The lowest BCUT2D eigenvalue weighted by Gasteiger charge is -2.39. The highest BCUT2D eigenvalue weighted by atomic mass is 19.1. The number of carbonyl (C=O) groups is 1. The number of hydrogen-bond donors (Lipinski definition) is 0. The molecule has 8 nitrogen and oxygen atoms in total. The molecule has 0 fully saturated rings. The second kappa shape index (κ2) is 9.09. The van der Waals surface area contributed by atoms with Crippen LogP contribution in [0.25, 0.3) is 5.69 Å². The van der Waals surface area contributed by atoms with Crippen LogP contribution >= 0.6 is 0 Å². The Labute approximate surface area is 197 Å². The van der Waals surface area contributed by atoms with Crippen LogP contribution in [0.1, 0.15) is 17.7 Å². The number of hydrazine groups is 1. The van der Waals surface area contributed by atoms with E-state index in [2.05, 4.69) is 9.98 Å². The summed E-state index contributed by atoms with van der Waals surface area (Å²) in [7, 11) is 1.64. The fourth-order valence-electron chi connectivity index (χ4n) is 4.27. The lowest BCUT2D eigenvalue weighted by Crippen LogP contribution is -2.52. The average Bonchev–Trinajstić information content (AvgIpc) is 3.19. The molecule has 5 rings (SSSR count). The van der Waals surface area contributed by atoms with Crippen LogP contribution < -0.4 is 9.75 Å². The number of ether oxygens (including phenoxy) is 1. The van der Waals surface area contributed by atoms with Gasteiger partial charge in [-0.1, -0.05) is 6.07 Å². The van der Waals surface area contributed by atoms with Crippen LogP contribution in [0, 0.1) is 12.7 Å². The number of anilines is 1. The molecular weight excluding hydrogens is 435 g/mol. The first-order chi connectivity index (χ1) is 16.5. The first-order valence-corrected chi connectivity index (χ1v) is 11.2. The maximum absolute atomic E-state index is 13.5. The molecule has 2 aromatic carbocycles. The molecule has 3 heterocycles. The van der Waals surface area contributed by atoms with Gasteiger partial charge in [-0.25, -0.2) is 9.37 Å². The van der Waals surface area contributed by atoms with Gasteiger partial charge in [0.2, 0.25) is 5.91 Å². The van der Waals surface area contributed by atoms with Gasteiger partial charge in [-0.15, -0.1) is 0 Å². The average molecular weight is 461 g/mol. The Morgan fingerprint density at radius 2 is 1.91 bits per heavy atom. The predicted molar refractivity (Wildman–Crippen MR) is 128 cm³/mol. The SMILES string of the molecule is COc1cc(CC2=NCCN3C2=NC(=O)CCN3c2ccc(F)cc2)ccc1-n1cnc(C)c1. The van der Waals surface area contributed by atoms with E-state index in [-0.39, 0.29) is 18.1 Å². The number of fused-ring (bicyclic) bond motifs is 1. The minimum Gasteiger partial charge on any atom is -0.495 e. The van der Waals surface area contributed by atoms with E-state index in [9.17, 15) is 9.18 Å². The molecule has 1 aromatic heterocycles. The number of benzene rings is 2. The number of amidine groups is 1. The lowest BCUT2D eigenvalue weighted by molar-refractivity contribution is -0.117. The quantitative estimate of drug-likeness (QED) is 0.584. The molecule has 0 spiro atoms. The third-order valence-corrected chi connectivity index (χ3v) is 5.91. The number of imidazole rings is 1. The molecule has 0 atom stereocenters. The lowest BCUT2D eigenvalue weighted by atomic mass is 10.0. The predicted octanol–water partition coefficient (Wildman–Crippen LogP) is 3.38. The van der Waals surface area contributed by atoms with Crippen molar-refractivity contribution in [3.8, 4) is 11.4 Å². The first kappa shape index (κ1) is 21.8. The zero-order valence-corrected chi connectivity index (χ0v) is 19.1. The Morgan fingerprint density at radius 3 is 2.65 bits per heavy atom. The van der Waals surface area contributed by atoms with E-state index in [1.54, 1.807) is 25.6 Å². The van der Waals surface area contributed by atoms with Crippen molar-refractivity contribution in [3.05, 3.63) is 72.1 Å². The van der Waals surface area contributed by atoms with E-state index in [4.69, 9.17) is 9.73 Å². The molecule has 1 amide bonds. The zero-order valence-electron chi connectivity index (χ0n) is 19.1. The summed E-state index contributed by atoms with van der Waals surface area (Å²) in [5.41, 5.74) is 4.35. The van der Waals surface area contributed by atoms with Gasteiger partial charge in [0, 0.05) is 25.6 Å². The summed E-state index contributed by atoms with van der Waals surface area (Å²) in [5, 5.41) is 3.98. The van der Waals surface area contributed by atoms with Crippen LogP contribution in [0.5, 0.6) is 5.75 Å². The Balaban J connectivity index is 1.44. The molecule has 0 radical (unpaired) electrons. The summed E-state index contributed by atoms with van der Waals surface area (Å²) < 4.78 is 21.1. The fourth-order valence-corrected chi connectivity index (χ4v) is 4.27. The normalized spacial score (nSPS) is 16.0. The standard InChI is InChI=1S/C25H25FN6O2/c1-17-15-30(16-28-17)22-8-3-18(14-23(22)34-2)13-21-25-29-24(33)9-11-31(32(25)12-10-27-21)20-6-4-19(26)5-7-20/h3-8,14-16H,9-13H2,1-2H3. The van der Waals surface area contributed by atoms with Crippen molar-refractivity contribution in [1.82, 2.24) is 14.6 Å². The minimum absolute atomic E-state index is 0.192. The summed E-state index contributed by atoms with van der Waals surface area (Å²) in [6, 6.07) is 12.3. The van der Waals surface area contributed by atoms with Gasteiger partial charge in [-0.2, -0.15) is 4.99 Å². The molecule has 34 heavy (non-hydrogen) atoms. The van der Waals surface area contributed by atoms with E-state index in [1.807, 2.05) is 45.9 Å². The largest absolute Gasteiger partial charge is 0.495 e. The summed E-state index contributed by atoms with van der Waals surface area (Å²) in [5.74, 6) is 0.775. The number of aryl methyl sites for hydroxylation is 1. The summed E-state index contributed by atoms with van der Waals surface area (Å²) in [4.78, 5) is 25.9. The molecule has 3 aromatic rings. The Kier molecular flexibility index (Phi) is 5.83. The van der Waals surface area contributed by atoms with Crippen LogP contribution in [0.3, 0.4) is 0 Å². The zero-order chi connectivity index (χ0) is 23.7. The van der Waals surface area contributed by atoms with Gasteiger partial charge in [-0.3, -0.25) is 19.8 Å². The van der Waals surface area contributed by atoms with Crippen LogP contribution in [0.15, 0.2) is 65.0 Å². The highest BCUT2D eigenvalue weighted by Gasteiger charge is 2.31. The fraction of sp³-hybridized carbons (Fsp3) is 0.280. The van der Waals surface area contributed by atoms with Crippen LogP contribution in [0.4, 0.5) is 10.1 Å². The number of amides is 1. The van der Waals surface area contributed by atoms with Crippen LogP contribution in [-0.4, -0.2) is 58.8 Å². The first-order valence-electron chi connectivity index (χ1n) is 11.2. The molecule has 0 N–H and O–H groups in total. The van der Waals surface area contributed by atoms with Gasteiger partial charge in [-0.05, 0) is 48.9 Å². The number of rotatable bonds is 5. The molecule has 0 saturated heterocycles. The minimum atomic E-state index is -0.298. The van der Waals surface area contributed by atoms with Crippen molar-refractivity contribution in [2.45, 2.75) is 19.8 Å². The van der Waals surface area contributed by atoms with E-state index >= 15 is 0 Å². The Bertz CT molecular complexity index is 1280. The number of nitrogens with zero attached hydrogens (tertiary/aromatic N) is 6. The van der Waals surface area contributed by atoms with E-state index < -0.39 is 0 Å². The molecule has 2 aliphatic rings. The number of aromatic nitrogens is 2. The van der Waals surface area contributed by atoms with Gasteiger partial charge in [0.25, 0.3) is 0 Å². The number of hydrogen-bond acceptors (Lipinski definition) is 6. The van der Waals surface area contributed by atoms with Crippen molar-refractivity contribution in [2.24, 2.45) is 9.98 Å². The van der Waals surface area contributed by atoms with Gasteiger partial charge >= 0.3 is 0 Å². The van der Waals surface area contributed by atoms with Gasteiger partial charge < -0.3 is 9.30 Å². The maximum Gasteiger partial charge on any atom is 0.249 e. The molecule has 0 unspecified atom stereocenters. The third-order valence-electron chi connectivity index (χ3n) is 5.91. The molecule has 0 bridgehead atoms. The second-order valence-corrected chi connectivity index (χ2v) is 8.24. The van der Waals surface area contributed by atoms with E-state index in [0.717, 1.165) is 34.1 Å². The number of halogens is 1.